The maximum absolute atomic E-state index is 13.9. The molecule has 0 aliphatic rings. The highest BCUT2D eigenvalue weighted by molar-refractivity contribution is 6.03. The van der Waals surface area contributed by atoms with Gasteiger partial charge in [-0.3, -0.25) is 14.4 Å². The van der Waals surface area contributed by atoms with Crippen LogP contribution in [0.3, 0.4) is 0 Å². The molecule has 37 heavy (non-hydrogen) atoms. The molecule has 1 aromatic carbocycles. The standard InChI is InChI=1S/C27H30FN5O4/c1-15-11-17(28)12-16(2)23(15)37-24-18(7-9-32(5)27(24)36)20-14-33(6)26(35)22-19(20)13-21(30-22)25(34)29-8-10-31(3)4/h7,9,11-14,30H,8,10H2,1-6H3,(H,29,34). The third-order valence-corrected chi connectivity index (χ3v) is 6.20. The van der Waals surface area contributed by atoms with Crippen LogP contribution in [0.5, 0.6) is 11.5 Å². The molecule has 0 atom stereocenters. The summed E-state index contributed by atoms with van der Waals surface area (Å²) in [5, 5.41) is 3.31. The predicted molar refractivity (Wildman–Crippen MR) is 141 cm³/mol. The van der Waals surface area contributed by atoms with Crippen LogP contribution in [0.4, 0.5) is 4.39 Å². The van der Waals surface area contributed by atoms with Gasteiger partial charge in [0.25, 0.3) is 17.0 Å². The maximum atomic E-state index is 13.9. The number of aromatic nitrogens is 3. The summed E-state index contributed by atoms with van der Waals surface area (Å²) in [7, 11) is 7.01. The van der Waals surface area contributed by atoms with Gasteiger partial charge in [0.2, 0.25) is 0 Å². The predicted octanol–water partition coefficient (Wildman–Crippen LogP) is 3.07. The molecule has 0 aliphatic carbocycles. The van der Waals surface area contributed by atoms with Gasteiger partial charge >= 0.3 is 0 Å². The third kappa shape index (κ3) is 5.05. The Balaban J connectivity index is 1.88. The van der Waals surface area contributed by atoms with E-state index in [0.29, 0.717) is 46.5 Å². The Morgan fingerprint density at radius 2 is 1.70 bits per heavy atom. The lowest BCUT2D eigenvalue weighted by Crippen LogP contribution is -2.31. The number of H-pyrrole nitrogens is 1. The van der Waals surface area contributed by atoms with Crippen LogP contribution in [0.2, 0.25) is 0 Å². The number of benzene rings is 1. The Bertz CT molecular complexity index is 1610. The number of nitrogens with zero attached hydrogens (tertiary/aromatic N) is 3. The van der Waals surface area contributed by atoms with E-state index >= 15 is 0 Å². The normalized spacial score (nSPS) is 11.4. The largest absolute Gasteiger partial charge is 0.450 e. The number of halogens is 1. The van der Waals surface area contributed by atoms with Crippen molar-refractivity contribution in [3.05, 3.63) is 80.0 Å². The van der Waals surface area contributed by atoms with Crippen molar-refractivity contribution >= 4 is 16.8 Å². The summed E-state index contributed by atoms with van der Waals surface area (Å²) >= 11 is 0. The van der Waals surface area contributed by atoms with E-state index in [9.17, 15) is 18.8 Å². The van der Waals surface area contributed by atoms with Crippen LogP contribution < -0.4 is 21.2 Å². The van der Waals surface area contributed by atoms with Crippen LogP contribution in [0.1, 0.15) is 21.6 Å². The molecule has 0 saturated heterocycles. The van der Waals surface area contributed by atoms with Crippen LogP contribution in [0.15, 0.2) is 46.2 Å². The fourth-order valence-electron chi connectivity index (χ4n) is 4.24. The second-order valence-corrected chi connectivity index (χ2v) is 9.44. The number of carbonyl (C=O) groups excluding carboxylic acids is 1. The van der Waals surface area contributed by atoms with Crippen molar-refractivity contribution in [2.75, 3.05) is 27.2 Å². The lowest BCUT2D eigenvalue weighted by Gasteiger charge is -2.16. The Kier molecular flexibility index (Phi) is 7.04. The maximum Gasteiger partial charge on any atom is 0.293 e. The van der Waals surface area contributed by atoms with Crippen molar-refractivity contribution in [3.63, 3.8) is 0 Å². The highest BCUT2D eigenvalue weighted by Gasteiger charge is 2.21. The van der Waals surface area contributed by atoms with Gasteiger partial charge < -0.3 is 29.1 Å². The van der Waals surface area contributed by atoms with Gasteiger partial charge in [0, 0.05) is 56.1 Å². The number of rotatable bonds is 7. The Morgan fingerprint density at radius 3 is 2.35 bits per heavy atom. The van der Waals surface area contributed by atoms with Gasteiger partial charge in [-0.1, -0.05) is 0 Å². The molecule has 194 valence electrons. The topological polar surface area (TPSA) is 101 Å². The molecule has 0 fully saturated rings. The van der Waals surface area contributed by atoms with Gasteiger partial charge in [-0.25, -0.2) is 4.39 Å². The molecule has 4 aromatic rings. The van der Waals surface area contributed by atoms with Gasteiger partial charge in [-0.2, -0.15) is 0 Å². The zero-order valence-electron chi connectivity index (χ0n) is 21.7. The van der Waals surface area contributed by atoms with Crippen LogP contribution in [0, 0.1) is 19.7 Å². The first kappa shape index (κ1) is 25.9. The monoisotopic (exact) mass is 507 g/mol. The number of likely N-dealkylation sites (N-methyl/N-ethyl adjacent to an activating group) is 1. The quantitative estimate of drug-likeness (QED) is 0.400. The minimum absolute atomic E-state index is 0.0286. The summed E-state index contributed by atoms with van der Waals surface area (Å²) in [5.74, 6) is -0.334. The van der Waals surface area contributed by atoms with E-state index in [1.807, 2.05) is 19.0 Å². The SMILES string of the molecule is Cc1cc(F)cc(C)c1Oc1c(-c2cn(C)c(=O)c3[nH]c(C(=O)NCCN(C)C)cc23)ccn(C)c1=O. The van der Waals surface area contributed by atoms with E-state index in [1.54, 1.807) is 52.5 Å². The molecule has 0 unspecified atom stereocenters. The van der Waals surface area contributed by atoms with E-state index < -0.39 is 11.4 Å². The number of hydrogen-bond acceptors (Lipinski definition) is 5. The van der Waals surface area contributed by atoms with E-state index in [0.717, 1.165) is 0 Å². The molecule has 10 heteroatoms. The average molecular weight is 508 g/mol. The second kappa shape index (κ2) is 10.1. The molecular formula is C27H30FN5O4. The molecule has 4 rings (SSSR count). The molecule has 3 aromatic heterocycles. The molecule has 9 nitrogen and oxygen atoms in total. The zero-order valence-corrected chi connectivity index (χ0v) is 21.7. The van der Waals surface area contributed by atoms with Crippen molar-refractivity contribution in [1.29, 1.82) is 0 Å². The van der Waals surface area contributed by atoms with Gasteiger partial charge in [0.15, 0.2) is 5.75 Å². The molecule has 0 aliphatic heterocycles. The smallest absolute Gasteiger partial charge is 0.293 e. The third-order valence-electron chi connectivity index (χ3n) is 6.20. The molecular weight excluding hydrogens is 477 g/mol. The van der Waals surface area contributed by atoms with Crippen molar-refractivity contribution in [1.82, 2.24) is 24.3 Å². The van der Waals surface area contributed by atoms with Crippen molar-refractivity contribution < 1.29 is 13.9 Å². The number of fused-ring (bicyclic) bond motifs is 1. The first-order chi connectivity index (χ1) is 17.5. The number of aryl methyl sites for hydroxylation is 4. The zero-order chi connectivity index (χ0) is 27.0. The summed E-state index contributed by atoms with van der Waals surface area (Å²) in [4.78, 5) is 43.8. The summed E-state index contributed by atoms with van der Waals surface area (Å²) < 4.78 is 22.8. The number of nitrogens with one attached hydrogen (secondary N) is 2. The average Bonchev–Trinajstić information content (AvgIpc) is 3.27. The van der Waals surface area contributed by atoms with Crippen molar-refractivity contribution in [2.45, 2.75) is 13.8 Å². The number of amides is 1. The van der Waals surface area contributed by atoms with Crippen molar-refractivity contribution in [3.8, 4) is 22.6 Å². The number of carbonyl (C=O) groups is 1. The van der Waals surface area contributed by atoms with Gasteiger partial charge in [-0.05, 0) is 63.3 Å². The van der Waals surface area contributed by atoms with Gasteiger partial charge in [0.05, 0.1) is 0 Å². The minimum Gasteiger partial charge on any atom is -0.450 e. The number of ether oxygens (including phenoxy) is 1. The molecule has 1 amide bonds. The second-order valence-electron chi connectivity index (χ2n) is 9.44. The highest BCUT2D eigenvalue weighted by atomic mass is 19.1. The molecule has 0 saturated carbocycles. The van der Waals surface area contributed by atoms with E-state index in [2.05, 4.69) is 10.3 Å². The van der Waals surface area contributed by atoms with E-state index in [4.69, 9.17) is 4.74 Å². The summed E-state index contributed by atoms with van der Waals surface area (Å²) in [6, 6.07) is 6.00. The molecule has 0 bridgehead atoms. The first-order valence-electron chi connectivity index (χ1n) is 11.8. The van der Waals surface area contributed by atoms with Crippen LogP contribution in [-0.2, 0) is 14.1 Å². The number of hydrogen-bond donors (Lipinski definition) is 2. The van der Waals surface area contributed by atoms with Crippen molar-refractivity contribution in [2.24, 2.45) is 14.1 Å². The van der Waals surface area contributed by atoms with Gasteiger partial charge in [-0.15, -0.1) is 0 Å². The Hall–Kier alpha value is -4.18. The number of aromatic amines is 1. The fraction of sp³-hybridized carbons (Fsp3) is 0.296. The molecule has 0 spiro atoms. The minimum atomic E-state index is -0.403. The lowest BCUT2D eigenvalue weighted by atomic mass is 10.0. The fourth-order valence-corrected chi connectivity index (χ4v) is 4.24. The van der Waals surface area contributed by atoms with E-state index in [1.165, 1.54) is 21.3 Å². The molecule has 0 radical (unpaired) electrons. The first-order valence-corrected chi connectivity index (χ1v) is 11.8. The summed E-state index contributed by atoms with van der Waals surface area (Å²) in [5.41, 5.74) is 1.79. The Labute approximate surface area is 213 Å². The Morgan fingerprint density at radius 1 is 1.03 bits per heavy atom. The lowest BCUT2D eigenvalue weighted by molar-refractivity contribution is 0.0947. The van der Waals surface area contributed by atoms with E-state index in [-0.39, 0.29) is 28.4 Å². The van der Waals surface area contributed by atoms with Gasteiger partial charge in [0.1, 0.15) is 22.8 Å². The summed E-state index contributed by atoms with van der Waals surface area (Å²) in [6.07, 6.45) is 3.21. The number of pyridine rings is 2. The molecule has 3 heterocycles. The molecule has 2 N–H and O–H groups in total. The van der Waals surface area contributed by atoms with Crippen LogP contribution in [-0.4, -0.2) is 52.1 Å². The highest BCUT2D eigenvalue weighted by Crippen LogP contribution is 2.36. The summed E-state index contributed by atoms with van der Waals surface area (Å²) in [6.45, 7) is 4.51. The van der Waals surface area contributed by atoms with Crippen LogP contribution in [0.25, 0.3) is 22.0 Å². The van der Waals surface area contributed by atoms with Crippen LogP contribution >= 0.6 is 0 Å².